The highest BCUT2D eigenvalue weighted by molar-refractivity contribution is 9.10. The van der Waals surface area contributed by atoms with Crippen LogP contribution in [0.25, 0.3) is 5.69 Å². The predicted octanol–water partition coefficient (Wildman–Crippen LogP) is 4.42. The summed E-state index contributed by atoms with van der Waals surface area (Å²) >= 11 is 9.65. The molecule has 96 valence electrons. The minimum atomic E-state index is 0.323. The van der Waals surface area contributed by atoms with Gasteiger partial charge in [-0.2, -0.15) is 0 Å². The molecule has 18 heavy (non-hydrogen) atoms. The minimum absolute atomic E-state index is 0.323. The van der Waals surface area contributed by atoms with E-state index in [9.17, 15) is 0 Å². The van der Waals surface area contributed by atoms with Crippen LogP contribution < -0.4 is 5.32 Å². The Labute approximate surface area is 120 Å². The Hall–Kier alpha value is -1.00. The Kier molecular flexibility index (Phi) is 3.97. The third-order valence-electron chi connectivity index (χ3n) is 2.43. The molecule has 0 fully saturated rings. The third kappa shape index (κ3) is 2.70. The number of hydrogen-bond donors (Lipinski definition) is 1. The van der Waals surface area contributed by atoms with Gasteiger partial charge in [0.05, 0.1) is 20.9 Å². The normalized spacial score (nSPS) is 11.0. The number of hydrogen-bond acceptors (Lipinski definition) is 2. The molecule has 0 amide bonds. The monoisotopic (exact) mass is 327 g/mol. The molecule has 0 aliphatic carbocycles. The summed E-state index contributed by atoms with van der Waals surface area (Å²) < 4.78 is 2.88. The zero-order valence-corrected chi connectivity index (χ0v) is 12.9. The molecule has 1 aromatic heterocycles. The van der Waals surface area contributed by atoms with Crippen molar-refractivity contribution in [2.24, 2.45) is 0 Å². The van der Waals surface area contributed by atoms with Gasteiger partial charge in [0.1, 0.15) is 0 Å². The first kappa shape index (κ1) is 13.4. The van der Waals surface area contributed by atoms with E-state index in [1.165, 1.54) is 0 Å². The van der Waals surface area contributed by atoms with E-state index in [-0.39, 0.29) is 0 Å². The van der Waals surface area contributed by atoms with Crippen LogP contribution in [0.15, 0.2) is 28.9 Å². The van der Waals surface area contributed by atoms with Gasteiger partial charge in [-0.05, 0) is 48.8 Å². The Morgan fingerprint density at radius 2 is 2.11 bits per heavy atom. The van der Waals surface area contributed by atoms with E-state index in [4.69, 9.17) is 11.6 Å². The number of aromatic nitrogens is 2. The molecule has 0 radical (unpaired) electrons. The minimum Gasteiger partial charge on any atom is -0.353 e. The van der Waals surface area contributed by atoms with Crippen LogP contribution in [0.2, 0.25) is 5.02 Å². The van der Waals surface area contributed by atoms with E-state index >= 15 is 0 Å². The first-order valence-corrected chi connectivity index (χ1v) is 6.93. The molecule has 0 bridgehead atoms. The lowest BCUT2D eigenvalue weighted by atomic mass is 10.3. The third-order valence-corrected chi connectivity index (χ3v) is 3.81. The lowest BCUT2D eigenvalue weighted by Crippen LogP contribution is -2.14. The highest BCUT2D eigenvalue weighted by atomic mass is 79.9. The molecule has 1 heterocycles. The molecule has 2 aromatic rings. The Balaban J connectivity index is 2.53. The highest BCUT2D eigenvalue weighted by Gasteiger charge is 2.12. The van der Waals surface area contributed by atoms with Gasteiger partial charge in [-0.15, -0.1) is 0 Å². The van der Waals surface area contributed by atoms with Crippen LogP contribution >= 0.6 is 27.5 Å². The molecule has 0 aliphatic heterocycles. The smallest absolute Gasteiger partial charge is 0.207 e. The summed E-state index contributed by atoms with van der Waals surface area (Å²) in [7, 11) is 0. The van der Waals surface area contributed by atoms with E-state index in [1.807, 2.05) is 35.9 Å². The maximum atomic E-state index is 6.13. The molecule has 1 N–H and O–H groups in total. The highest BCUT2D eigenvalue weighted by Crippen LogP contribution is 2.31. The van der Waals surface area contributed by atoms with Gasteiger partial charge < -0.3 is 5.32 Å². The largest absolute Gasteiger partial charge is 0.353 e. The number of imidazole rings is 1. The van der Waals surface area contributed by atoms with Crippen LogP contribution in [0, 0.1) is 6.92 Å². The van der Waals surface area contributed by atoms with Gasteiger partial charge in [0.25, 0.3) is 0 Å². The number of anilines is 1. The molecule has 0 atom stereocenters. The second-order valence-electron chi connectivity index (χ2n) is 4.45. The zero-order chi connectivity index (χ0) is 13.3. The summed E-state index contributed by atoms with van der Waals surface area (Å²) in [6.45, 7) is 6.14. The average molecular weight is 329 g/mol. The lowest BCUT2D eigenvalue weighted by Gasteiger charge is -2.13. The quantitative estimate of drug-likeness (QED) is 0.904. The molecular formula is C13H15BrClN3. The van der Waals surface area contributed by atoms with Crippen LogP contribution in [0.4, 0.5) is 5.95 Å². The molecule has 2 rings (SSSR count). The van der Waals surface area contributed by atoms with Crippen LogP contribution in [0.3, 0.4) is 0 Å². The molecular weight excluding hydrogens is 314 g/mol. The number of rotatable bonds is 3. The van der Waals surface area contributed by atoms with Gasteiger partial charge in [0.2, 0.25) is 5.95 Å². The fraction of sp³-hybridized carbons (Fsp3) is 0.308. The molecule has 3 nitrogen and oxygen atoms in total. The van der Waals surface area contributed by atoms with Crippen LogP contribution in [-0.4, -0.2) is 15.6 Å². The van der Waals surface area contributed by atoms with E-state index in [1.54, 1.807) is 0 Å². The topological polar surface area (TPSA) is 29.9 Å². The van der Waals surface area contributed by atoms with Gasteiger partial charge in [-0.25, -0.2) is 4.98 Å². The maximum Gasteiger partial charge on any atom is 0.207 e. The first-order chi connectivity index (χ1) is 8.49. The van der Waals surface area contributed by atoms with Gasteiger partial charge in [-0.3, -0.25) is 4.57 Å². The van der Waals surface area contributed by atoms with Crippen molar-refractivity contribution in [1.29, 1.82) is 0 Å². The van der Waals surface area contributed by atoms with Crippen molar-refractivity contribution >= 4 is 33.5 Å². The molecule has 0 saturated heterocycles. The van der Waals surface area contributed by atoms with Crippen molar-refractivity contribution < 1.29 is 0 Å². The van der Waals surface area contributed by atoms with Gasteiger partial charge in [0, 0.05) is 12.2 Å². The standard InChI is InChI=1S/C13H15BrClN3/c1-8(2)16-13-17-9(3)7-18(13)11-6-4-5-10(15)12(11)14/h4-8H,1-3H3,(H,16,17). The van der Waals surface area contributed by atoms with Crippen molar-refractivity contribution in [3.05, 3.63) is 39.6 Å². The summed E-state index contributed by atoms with van der Waals surface area (Å²) in [5.41, 5.74) is 1.94. The maximum absolute atomic E-state index is 6.13. The summed E-state index contributed by atoms with van der Waals surface area (Å²) in [6, 6.07) is 6.11. The zero-order valence-electron chi connectivity index (χ0n) is 10.5. The van der Waals surface area contributed by atoms with E-state index in [2.05, 4.69) is 40.1 Å². The number of aryl methyl sites for hydroxylation is 1. The van der Waals surface area contributed by atoms with E-state index < -0.39 is 0 Å². The Morgan fingerprint density at radius 3 is 2.78 bits per heavy atom. The Bertz CT molecular complexity index is 563. The molecule has 1 aromatic carbocycles. The Morgan fingerprint density at radius 1 is 1.39 bits per heavy atom. The molecule has 0 spiro atoms. The van der Waals surface area contributed by atoms with Gasteiger partial charge in [0.15, 0.2) is 0 Å². The second kappa shape index (κ2) is 5.33. The molecule has 0 aliphatic rings. The van der Waals surface area contributed by atoms with Gasteiger partial charge >= 0.3 is 0 Å². The lowest BCUT2D eigenvalue weighted by molar-refractivity contribution is 0.863. The first-order valence-electron chi connectivity index (χ1n) is 5.76. The van der Waals surface area contributed by atoms with E-state index in [0.29, 0.717) is 11.1 Å². The molecule has 0 unspecified atom stereocenters. The summed E-state index contributed by atoms with van der Waals surface area (Å²) in [6.07, 6.45) is 1.99. The van der Waals surface area contributed by atoms with Crippen LogP contribution in [0.5, 0.6) is 0 Å². The summed E-state index contributed by atoms with van der Waals surface area (Å²) in [5.74, 6) is 0.825. The molecule has 0 saturated carbocycles. The van der Waals surface area contributed by atoms with Crippen LogP contribution in [0.1, 0.15) is 19.5 Å². The van der Waals surface area contributed by atoms with Gasteiger partial charge in [-0.1, -0.05) is 17.7 Å². The molecule has 5 heteroatoms. The van der Waals surface area contributed by atoms with Crippen LogP contribution in [-0.2, 0) is 0 Å². The summed E-state index contributed by atoms with van der Waals surface area (Å²) in [4.78, 5) is 4.49. The average Bonchev–Trinajstić information content (AvgIpc) is 2.62. The summed E-state index contributed by atoms with van der Waals surface area (Å²) in [5, 5.41) is 4.02. The fourth-order valence-electron chi connectivity index (χ4n) is 1.72. The van der Waals surface area contributed by atoms with Crippen molar-refractivity contribution in [1.82, 2.24) is 9.55 Å². The number of halogens is 2. The SMILES string of the molecule is Cc1cn(-c2cccc(Cl)c2Br)c(NC(C)C)n1. The fourth-order valence-corrected chi connectivity index (χ4v) is 2.34. The van der Waals surface area contributed by atoms with Crippen molar-refractivity contribution in [3.8, 4) is 5.69 Å². The number of nitrogens with zero attached hydrogens (tertiary/aromatic N) is 2. The predicted molar refractivity (Wildman–Crippen MR) is 79.8 cm³/mol. The van der Waals surface area contributed by atoms with Crippen molar-refractivity contribution in [2.45, 2.75) is 26.8 Å². The van der Waals surface area contributed by atoms with Crippen molar-refractivity contribution in [2.75, 3.05) is 5.32 Å². The number of nitrogens with one attached hydrogen (secondary N) is 1. The second-order valence-corrected chi connectivity index (χ2v) is 5.65. The number of benzene rings is 1. The van der Waals surface area contributed by atoms with E-state index in [0.717, 1.165) is 21.8 Å². The van der Waals surface area contributed by atoms with Crippen molar-refractivity contribution in [3.63, 3.8) is 0 Å².